The number of ether oxygens (including phenoxy) is 1. The summed E-state index contributed by atoms with van der Waals surface area (Å²) >= 11 is 0. The number of nitrogens with zero attached hydrogens (tertiary/aromatic N) is 1. The summed E-state index contributed by atoms with van der Waals surface area (Å²) in [7, 11) is 0. The van der Waals surface area contributed by atoms with Crippen LogP contribution in [0.5, 0.6) is 0 Å². The molecule has 0 aromatic heterocycles. The molecule has 0 saturated heterocycles. The number of alkyl halides is 3. The summed E-state index contributed by atoms with van der Waals surface area (Å²) < 4.78 is 43.4. The minimum absolute atomic E-state index is 0.155. The van der Waals surface area contributed by atoms with Crippen molar-refractivity contribution in [2.45, 2.75) is 45.8 Å². The second kappa shape index (κ2) is 11.6. The van der Waals surface area contributed by atoms with Crippen molar-refractivity contribution in [3.63, 3.8) is 0 Å². The van der Waals surface area contributed by atoms with Gasteiger partial charge in [0.25, 0.3) is 5.91 Å². The topological polar surface area (TPSA) is 99.8 Å². The van der Waals surface area contributed by atoms with Crippen LogP contribution in [0.1, 0.15) is 50.0 Å². The third-order valence-electron chi connectivity index (χ3n) is 4.88. The maximum absolute atomic E-state index is 12.7. The van der Waals surface area contributed by atoms with Crippen LogP contribution in [0.3, 0.4) is 0 Å². The summed E-state index contributed by atoms with van der Waals surface area (Å²) in [6, 6.07) is 10.7. The van der Waals surface area contributed by atoms with Gasteiger partial charge in [0.05, 0.1) is 23.2 Å². The Hall–Kier alpha value is -3.76. The molecule has 0 unspecified atom stereocenters. The Labute approximate surface area is 201 Å². The number of carbonyl (C=O) groups is 3. The Balaban J connectivity index is 1.90. The van der Waals surface area contributed by atoms with Crippen LogP contribution in [0, 0.1) is 0 Å². The molecule has 2 aromatic carbocycles. The highest BCUT2D eigenvalue weighted by molar-refractivity contribution is 6.01. The maximum Gasteiger partial charge on any atom is 0.416 e. The van der Waals surface area contributed by atoms with Gasteiger partial charge in [-0.25, -0.2) is 4.79 Å². The van der Waals surface area contributed by atoms with Crippen molar-refractivity contribution in [2.75, 3.05) is 18.5 Å². The lowest BCUT2D eigenvalue weighted by Crippen LogP contribution is -2.46. The van der Waals surface area contributed by atoms with E-state index in [1.54, 1.807) is 18.2 Å². The van der Waals surface area contributed by atoms with Gasteiger partial charge in [-0.15, -0.1) is 0 Å². The lowest BCUT2D eigenvalue weighted by molar-refractivity contribution is -0.137. The van der Waals surface area contributed by atoms with Crippen molar-refractivity contribution in [2.24, 2.45) is 0 Å². The third kappa shape index (κ3) is 8.20. The molecular weight excluding hydrogens is 465 g/mol. The lowest BCUT2D eigenvalue weighted by atomic mass is 10.1. The fourth-order valence-electron chi connectivity index (χ4n) is 3.13. The smallest absolute Gasteiger partial charge is 0.416 e. The molecule has 0 atom stereocenters. The second-order valence-electron chi connectivity index (χ2n) is 8.53. The minimum atomic E-state index is -4.45. The number of hydrogen-bond donors (Lipinski definition) is 3. The summed E-state index contributed by atoms with van der Waals surface area (Å²) in [5, 5.41) is 2.89. The van der Waals surface area contributed by atoms with Gasteiger partial charge in [0.2, 0.25) is 5.91 Å². The Morgan fingerprint density at radius 2 is 1.57 bits per heavy atom. The first-order valence-electron chi connectivity index (χ1n) is 10.9. The SMILES string of the molecule is CCN(C(=O)OCCC(=O)NNC(=O)c1ccccc1Nc1ccc(C(F)(F)F)cc1)C(C)(C)C. The van der Waals surface area contributed by atoms with E-state index < -0.39 is 35.2 Å². The number of carbonyl (C=O) groups excluding carboxylic acids is 3. The molecule has 8 nitrogen and oxygen atoms in total. The van der Waals surface area contributed by atoms with E-state index in [-0.39, 0.29) is 18.6 Å². The maximum atomic E-state index is 12.7. The van der Waals surface area contributed by atoms with E-state index in [9.17, 15) is 27.6 Å². The number of anilines is 2. The van der Waals surface area contributed by atoms with Crippen molar-refractivity contribution in [1.82, 2.24) is 15.8 Å². The molecule has 0 heterocycles. The first kappa shape index (κ1) is 27.5. The van der Waals surface area contributed by atoms with Crippen LogP contribution < -0.4 is 16.2 Å². The van der Waals surface area contributed by atoms with Crippen molar-refractivity contribution >= 4 is 29.3 Å². The summed E-state index contributed by atoms with van der Waals surface area (Å²) in [4.78, 5) is 38.3. The molecular formula is C24H29F3N4O4. The molecule has 190 valence electrons. The largest absolute Gasteiger partial charge is 0.449 e. The molecule has 2 rings (SSSR count). The van der Waals surface area contributed by atoms with Gasteiger partial charge in [-0.05, 0) is 64.1 Å². The molecule has 0 fully saturated rings. The van der Waals surface area contributed by atoms with Gasteiger partial charge in [0.15, 0.2) is 0 Å². The van der Waals surface area contributed by atoms with Gasteiger partial charge in [0.1, 0.15) is 6.61 Å². The average Bonchev–Trinajstić information content (AvgIpc) is 2.77. The number of hydrazine groups is 1. The zero-order valence-corrected chi connectivity index (χ0v) is 20.0. The van der Waals surface area contributed by atoms with Gasteiger partial charge in [-0.3, -0.25) is 20.4 Å². The third-order valence-corrected chi connectivity index (χ3v) is 4.88. The van der Waals surface area contributed by atoms with Crippen LogP contribution in [0.15, 0.2) is 48.5 Å². The number of nitrogens with one attached hydrogen (secondary N) is 3. The van der Waals surface area contributed by atoms with E-state index in [4.69, 9.17) is 4.74 Å². The average molecular weight is 495 g/mol. The Kier molecular flexibility index (Phi) is 9.10. The summed E-state index contributed by atoms with van der Waals surface area (Å²) in [6.07, 6.45) is -5.16. The number of benzene rings is 2. The number of para-hydroxylation sites is 1. The highest BCUT2D eigenvalue weighted by atomic mass is 19.4. The molecule has 2 aromatic rings. The van der Waals surface area contributed by atoms with Gasteiger partial charge in [-0.1, -0.05) is 12.1 Å². The van der Waals surface area contributed by atoms with E-state index in [2.05, 4.69) is 16.2 Å². The molecule has 0 aliphatic carbocycles. The van der Waals surface area contributed by atoms with E-state index in [0.29, 0.717) is 17.9 Å². The zero-order valence-electron chi connectivity index (χ0n) is 20.0. The van der Waals surface area contributed by atoms with E-state index in [0.717, 1.165) is 12.1 Å². The summed E-state index contributed by atoms with van der Waals surface area (Å²) in [5.74, 6) is -1.21. The van der Waals surface area contributed by atoms with Crippen LogP contribution in [-0.2, 0) is 15.7 Å². The standard InChI is InChI=1S/C24H29F3N4O4/c1-5-31(23(2,3)4)22(34)35-15-14-20(32)29-30-21(33)18-8-6-7-9-19(18)28-17-12-10-16(11-13-17)24(25,26)27/h6-13,28H,5,14-15H2,1-4H3,(H,29,32)(H,30,33). The van der Waals surface area contributed by atoms with E-state index in [1.165, 1.54) is 23.1 Å². The number of rotatable bonds is 7. The van der Waals surface area contributed by atoms with Crippen molar-refractivity contribution in [3.8, 4) is 0 Å². The first-order valence-corrected chi connectivity index (χ1v) is 10.9. The molecule has 0 saturated carbocycles. The summed E-state index contributed by atoms with van der Waals surface area (Å²) in [5.41, 5.74) is 4.14. The van der Waals surface area contributed by atoms with Crippen LogP contribution in [-0.4, -0.2) is 41.5 Å². The molecule has 0 radical (unpaired) electrons. The number of amides is 3. The number of halogens is 3. The van der Waals surface area contributed by atoms with Crippen LogP contribution in [0.2, 0.25) is 0 Å². The second-order valence-corrected chi connectivity index (χ2v) is 8.53. The van der Waals surface area contributed by atoms with Crippen LogP contribution in [0.4, 0.5) is 29.3 Å². The highest BCUT2D eigenvalue weighted by Crippen LogP contribution is 2.30. The van der Waals surface area contributed by atoms with Crippen molar-refractivity contribution in [1.29, 1.82) is 0 Å². The quantitative estimate of drug-likeness (QED) is 0.478. The summed E-state index contributed by atoms with van der Waals surface area (Å²) in [6.45, 7) is 7.70. The zero-order chi connectivity index (χ0) is 26.2. The van der Waals surface area contributed by atoms with Crippen molar-refractivity contribution < 1.29 is 32.3 Å². The van der Waals surface area contributed by atoms with Crippen molar-refractivity contribution in [3.05, 3.63) is 59.7 Å². The molecule has 11 heteroatoms. The molecule has 0 spiro atoms. The fourth-order valence-corrected chi connectivity index (χ4v) is 3.13. The Bertz CT molecular complexity index is 1030. The molecule has 3 N–H and O–H groups in total. The monoisotopic (exact) mass is 494 g/mol. The molecule has 35 heavy (non-hydrogen) atoms. The number of hydrogen-bond acceptors (Lipinski definition) is 5. The Morgan fingerprint density at radius 3 is 2.14 bits per heavy atom. The van der Waals surface area contributed by atoms with Gasteiger partial charge < -0.3 is 15.0 Å². The fraction of sp³-hybridized carbons (Fsp3) is 0.375. The normalized spacial score (nSPS) is 11.4. The van der Waals surface area contributed by atoms with E-state index in [1.807, 2.05) is 27.7 Å². The molecule has 0 aliphatic heterocycles. The van der Waals surface area contributed by atoms with Crippen LogP contribution >= 0.6 is 0 Å². The molecule has 0 aliphatic rings. The molecule has 0 bridgehead atoms. The Morgan fingerprint density at radius 1 is 0.943 bits per heavy atom. The van der Waals surface area contributed by atoms with E-state index >= 15 is 0 Å². The minimum Gasteiger partial charge on any atom is -0.449 e. The van der Waals surface area contributed by atoms with Gasteiger partial charge in [-0.2, -0.15) is 13.2 Å². The van der Waals surface area contributed by atoms with Crippen LogP contribution in [0.25, 0.3) is 0 Å². The highest BCUT2D eigenvalue weighted by Gasteiger charge is 2.30. The molecule has 3 amide bonds. The van der Waals surface area contributed by atoms with Gasteiger partial charge >= 0.3 is 12.3 Å². The first-order chi connectivity index (χ1) is 16.3. The lowest BCUT2D eigenvalue weighted by Gasteiger charge is -2.33. The predicted octanol–water partition coefficient (Wildman–Crippen LogP) is 4.86. The van der Waals surface area contributed by atoms with Gasteiger partial charge in [0, 0.05) is 17.8 Å². The predicted molar refractivity (Wildman–Crippen MR) is 125 cm³/mol.